The number of rotatable bonds is 4. The first-order chi connectivity index (χ1) is 14.3. The van der Waals surface area contributed by atoms with Gasteiger partial charge in [0.05, 0.1) is 5.69 Å². The summed E-state index contributed by atoms with van der Waals surface area (Å²) in [7, 11) is 2.23. The lowest BCUT2D eigenvalue weighted by Crippen LogP contribution is -2.48. The monoisotopic (exact) mass is 391 g/mol. The van der Waals surface area contributed by atoms with Crippen molar-refractivity contribution in [3.8, 4) is 11.3 Å². The minimum Gasteiger partial charge on any atom is -0.367 e. The molecule has 0 radical (unpaired) electrons. The van der Waals surface area contributed by atoms with E-state index in [9.17, 15) is 0 Å². The number of hydrogen-bond acceptors (Lipinski definition) is 6. The van der Waals surface area contributed by atoms with E-state index in [4.69, 9.17) is 0 Å². The average molecular weight is 392 g/mol. The summed E-state index contributed by atoms with van der Waals surface area (Å²) >= 11 is 0. The number of likely N-dealkylation sites (tertiary alicyclic amines) is 2. The molecule has 2 aliphatic rings. The first-order valence-corrected chi connectivity index (χ1v) is 10.7. The Morgan fingerprint density at radius 2 is 1.72 bits per heavy atom. The molecule has 7 heteroatoms. The number of aromatic nitrogens is 4. The maximum absolute atomic E-state index is 4.68. The third kappa shape index (κ3) is 3.97. The second kappa shape index (κ2) is 8.08. The molecule has 2 aromatic heterocycles. The molecule has 0 spiro atoms. The van der Waals surface area contributed by atoms with Gasteiger partial charge in [0.1, 0.15) is 12.1 Å². The van der Waals surface area contributed by atoms with E-state index in [2.05, 4.69) is 55.4 Å². The van der Waals surface area contributed by atoms with E-state index >= 15 is 0 Å². The van der Waals surface area contributed by atoms with E-state index in [1.807, 2.05) is 22.7 Å². The normalized spacial score (nSPS) is 20.3. The largest absolute Gasteiger partial charge is 0.367 e. The van der Waals surface area contributed by atoms with Crippen LogP contribution in [0, 0.1) is 0 Å². The van der Waals surface area contributed by atoms with Crippen LogP contribution in [-0.2, 0) is 0 Å². The highest BCUT2D eigenvalue weighted by Crippen LogP contribution is 2.25. The summed E-state index contributed by atoms with van der Waals surface area (Å²) in [5.41, 5.74) is 2.02. The molecule has 0 unspecified atom stereocenters. The number of nitrogens with one attached hydrogen (secondary N) is 1. The maximum Gasteiger partial charge on any atom is 0.254 e. The summed E-state index contributed by atoms with van der Waals surface area (Å²) in [6, 6.07) is 13.6. The lowest BCUT2D eigenvalue weighted by molar-refractivity contribution is 0.0993. The van der Waals surface area contributed by atoms with Crippen LogP contribution in [0.2, 0.25) is 0 Å². The average Bonchev–Trinajstić information content (AvgIpc) is 3.25. The Kier molecular flexibility index (Phi) is 5.16. The molecule has 4 heterocycles. The molecule has 29 heavy (non-hydrogen) atoms. The number of hydrogen-bond donors (Lipinski definition) is 1. The van der Waals surface area contributed by atoms with Crippen molar-refractivity contribution in [2.75, 3.05) is 38.5 Å². The van der Waals surface area contributed by atoms with Crippen LogP contribution in [0.4, 0.5) is 5.82 Å². The topological polar surface area (TPSA) is 61.6 Å². The number of anilines is 1. The molecule has 1 N–H and O–H groups in total. The Hall–Kier alpha value is -2.51. The van der Waals surface area contributed by atoms with Crippen LogP contribution in [0.15, 0.2) is 42.7 Å². The third-order valence-electron chi connectivity index (χ3n) is 6.41. The van der Waals surface area contributed by atoms with E-state index in [1.165, 1.54) is 39.0 Å². The summed E-state index contributed by atoms with van der Waals surface area (Å²) < 4.78 is 1.82. The molecule has 0 amide bonds. The lowest BCUT2D eigenvalue weighted by Gasteiger charge is -2.41. The van der Waals surface area contributed by atoms with Crippen LogP contribution < -0.4 is 5.32 Å². The summed E-state index contributed by atoms with van der Waals surface area (Å²) in [4.78, 5) is 14.2. The Labute approximate surface area is 171 Å². The highest BCUT2D eigenvalue weighted by atomic mass is 15.4. The minimum absolute atomic E-state index is 0.455. The van der Waals surface area contributed by atoms with Crippen molar-refractivity contribution < 1.29 is 0 Å². The fourth-order valence-electron chi connectivity index (χ4n) is 4.65. The SMILES string of the molecule is CN1CCC(N2CCC(Nc3cc(-c4ccccc4)nc4ncnn34)CC2)CC1. The molecule has 2 aliphatic heterocycles. The Morgan fingerprint density at radius 1 is 0.966 bits per heavy atom. The van der Waals surface area contributed by atoms with Gasteiger partial charge in [-0.3, -0.25) is 0 Å². The second-order valence-electron chi connectivity index (χ2n) is 8.35. The first kappa shape index (κ1) is 18.5. The summed E-state index contributed by atoms with van der Waals surface area (Å²) in [5, 5.41) is 8.12. The quantitative estimate of drug-likeness (QED) is 0.738. The van der Waals surface area contributed by atoms with Crippen molar-refractivity contribution >= 4 is 11.6 Å². The van der Waals surface area contributed by atoms with Crippen molar-refractivity contribution in [2.24, 2.45) is 0 Å². The number of nitrogens with zero attached hydrogens (tertiary/aromatic N) is 6. The number of fused-ring (bicyclic) bond motifs is 1. The van der Waals surface area contributed by atoms with Gasteiger partial charge in [-0.1, -0.05) is 30.3 Å². The zero-order chi connectivity index (χ0) is 19.6. The Balaban J connectivity index is 1.29. The van der Waals surface area contributed by atoms with Gasteiger partial charge < -0.3 is 15.1 Å². The van der Waals surface area contributed by atoms with Gasteiger partial charge in [-0.2, -0.15) is 14.6 Å². The Morgan fingerprint density at radius 3 is 2.48 bits per heavy atom. The van der Waals surface area contributed by atoms with Crippen molar-refractivity contribution in [3.05, 3.63) is 42.7 Å². The van der Waals surface area contributed by atoms with Crippen molar-refractivity contribution in [3.63, 3.8) is 0 Å². The van der Waals surface area contributed by atoms with Crippen LogP contribution in [0.25, 0.3) is 17.0 Å². The van der Waals surface area contributed by atoms with Gasteiger partial charge in [0, 0.05) is 36.8 Å². The highest BCUT2D eigenvalue weighted by molar-refractivity contribution is 5.65. The molecule has 0 atom stereocenters. The van der Waals surface area contributed by atoms with Crippen LogP contribution in [0.1, 0.15) is 25.7 Å². The van der Waals surface area contributed by atoms with Crippen LogP contribution in [0.5, 0.6) is 0 Å². The van der Waals surface area contributed by atoms with Gasteiger partial charge in [-0.25, -0.2) is 4.98 Å². The maximum atomic E-state index is 4.68. The van der Waals surface area contributed by atoms with Gasteiger partial charge in [0.25, 0.3) is 5.78 Å². The molecule has 2 fully saturated rings. The first-order valence-electron chi connectivity index (χ1n) is 10.7. The minimum atomic E-state index is 0.455. The highest BCUT2D eigenvalue weighted by Gasteiger charge is 2.27. The molecule has 0 aliphatic carbocycles. The predicted molar refractivity (Wildman–Crippen MR) is 115 cm³/mol. The molecule has 152 valence electrons. The van der Waals surface area contributed by atoms with Crippen LogP contribution in [-0.4, -0.2) is 74.7 Å². The third-order valence-corrected chi connectivity index (χ3v) is 6.41. The molecule has 3 aromatic rings. The van der Waals surface area contributed by atoms with Gasteiger partial charge in [-0.15, -0.1) is 0 Å². The molecular weight excluding hydrogens is 362 g/mol. The summed E-state index contributed by atoms with van der Waals surface area (Å²) in [5.74, 6) is 1.61. The summed E-state index contributed by atoms with van der Waals surface area (Å²) in [6.45, 7) is 4.80. The van der Waals surface area contributed by atoms with E-state index < -0.39 is 0 Å². The van der Waals surface area contributed by atoms with Crippen molar-refractivity contribution in [1.82, 2.24) is 29.4 Å². The van der Waals surface area contributed by atoms with Crippen LogP contribution in [0.3, 0.4) is 0 Å². The molecule has 7 nitrogen and oxygen atoms in total. The van der Waals surface area contributed by atoms with Gasteiger partial charge in [0.15, 0.2) is 0 Å². The van der Waals surface area contributed by atoms with E-state index in [1.54, 1.807) is 6.33 Å². The second-order valence-corrected chi connectivity index (χ2v) is 8.35. The molecule has 1 aromatic carbocycles. The molecule has 0 bridgehead atoms. The molecule has 5 rings (SSSR count). The molecular formula is C22H29N7. The van der Waals surface area contributed by atoms with E-state index in [0.29, 0.717) is 11.8 Å². The van der Waals surface area contributed by atoms with Gasteiger partial charge >= 0.3 is 0 Å². The van der Waals surface area contributed by atoms with Gasteiger partial charge in [0.2, 0.25) is 0 Å². The number of benzene rings is 1. The lowest BCUT2D eigenvalue weighted by atomic mass is 9.98. The van der Waals surface area contributed by atoms with Crippen molar-refractivity contribution in [1.29, 1.82) is 0 Å². The zero-order valence-corrected chi connectivity index (χ0v) is 17.0. The van der Waals surface area contributed by atoms with E-state index in [-0.39, 0.29) is 0 Å². The van der Waals surface area contributed by atoms with Gasteiger partial charge in [-0.05, 0) is 45.8 Å². The smallest absolute Gasteiger partial charge is 0.254 e. The Bertz CT molecular complexity index is 938. The van der Waals surface area contributed by atoms with Crippen LogP contribution >= 0.6 is 0 Å². The molecule has 0 saturated carbocycles. The fraction of sp³-hybridized carbons (Fsp3) is 0.500. The van der Waals surface area contributed by atoms with E-state index in [0.717, 1.165) is 36.0 Å². The predicted octanol–water partition coefficient (Wildman–Crippen LogP) is 2.76. The van der Waals surface area contributed by atoms with Crippen molar-refractivity contribution in [2.45, 2.75) is 37.8 Å². The molecule has 2 saturated heterocycles. The summed E-state index contributed by atoms with van der Waals surface area (Å²) in [6.07, 6.45) is 6.50. The number of piperidine rings is 2. The standard InChI is InChI=1S/C22H29N7/c1-27-11-9-19(10-12-27)28-13-7-18(8-14-28)25-21-15-20(17-5-3-2-4-6-17)26-22-23-16-24-29(21)22/h2-6,15-16,18-19,25H,7-14H2,1H3. The fourth-order valence-corrected chi connectivity index (χ4v) is 4.65. The zero-order valence-electron chi connectivity index (χ0n) is 17.0.